The van der Waals surface area contributed by atoms with E-state index in [0.29, 0.717) is 24.3 Å². The molecule has 8 heteroatoms. The molecule has 0 spiro atoms. The zero-order valence-corrected chi connectivity index (χ0v) is 18.2. The van der Waals surface area contributed by atoms with Crippen LogP contribution < -0.4 is 15.8 Å². The molecule has 4 rings (SSSR count). The number of carbonyl (C=O) groups is 1. The van der Waals surface area contributed by atoms with Crippen molar-refractivity contribution < 1.29 is 13.9 Å². The summed E-state index contributed by atoms with van der Waals surface area (Å²) < 4.78 is 20.1. The van der Waals surface area contributed by atoms with Crippen molar-refractivity contribution in [3.05, 3.63) is 90.0 Å². The van der Waals surface area contributed by atoms with Gasteiger partial charge in [-0.05, 0) is 53.1 Å². The van der Waals surface area contributed by atoms with Gasteiger partial charge in [-0.15, -0.1) is 5.10 Å². The fourth-order valence-electron chi connectivity index (χ4n) is 3.39. The molecule has 0 bridgehead atoms. The Bertz CT molecular complexity index is 1240. The Labute approximate surface area is 191 Å². The topological polar surface area (TPSA) is 95.1 Å². The predicted octanol–water partition coefficient (Wildman–Crippen LogP) is 4.29. The number of rotatable bonds is 8. The number of nitrogen functional groups attached to an aromatic ring is 1. The molecule has 0 aliphatic carbocycles. The molecule has 0 saturated heterocycles. The first kappa shape index (κ1) is 22.0. The second kappa shape index (κ2) is 9.95. The minimum Gasteiger partial charge on any atom is -0.497 e. The second-order valence-electron chi connectivity index (χ2n) is 7.61. The van der Waals surface area contributed by atoms with Crippen molar-refractivity contribution in [2.45, 2.75) is 19.4 Å². The Morgan fingerprint density at radius 3 is 2.52 bits per heavy atom. The molecule has 3 aromatic carbocycles. The molecule has 0 aliphatic rings. The average molecular weight is 445 g/mol. The highest BCUT2D eigenvalue weighted by atomic mass is 19.1. The van der Waals surface area contributed by atoms with Gasteiger partial charge >= 0.3 is 0 Å². The Morgan fingerprint density at radius 1 is 1.06 bits per heavy atom. The van der Waals surface area contributed by atoms with Crippen LogP contribution in [0.2, 0.25) is 0 Å². The predicted molar refractivity (Wildman–Crippen MR) is 125 cm³/mol. The summed E-state index contributed by atoms with van der Waals surface area (Å²) in [7, 11) is 1.63. The fraction of sp³-hybridized carbons (Fsp3) is 0.160. The van der Waals surface area contributed by atoms with Gasteiger partial charge in [0.15, 0.2) is 0 Å². The minimum absolute atomic E-state index is 0.178. The van der Waals surface area contributed by atoms with Gasteiger partial charge in [-0.3, -0.25) is 4.79 Å². The standard InChI is InChI=1S/C25H24FN5O2/c1-33-22-10-2-17(3-11-22)15-31-16-21(29-30-31)9-13-25(32)28-24-14-19(6-12-23(24)27)18-4-7-20(26)8-5-18/h2-8,10-12,14,16H,9,13,15,27H2,1H3,(H,28,32). The van der Waals surface area contributed by atoms with Gasteiger partial charge in [0.05, 0.1) is 30.7 Å². The number of benzene rings is 3. The number of carbonyl (C=O) groups excluding carboxylic acids is 1. The first-order valence-corrected chi connectivity index (χ1v) is 10.5. The summed E-state index contributed by atoms with van der Waals surface area (Å²) >= 11 is 0. The van der Waals surface area contributed by atoms with Crippen LogP contribution >= 0.6 is 0 Å². The lowest BCUT2D eigenvalue weighted by molar-refractivity contribution is -0.116. The van der Waals surface area contributed by atoms with E-state index in [0.717, 1.165) is 28.1 Å². The summed E-state index contributed by atoms with van der Waals surface area (Å²) in [6.07, 6.45) is 2.52. The summed E-state index contributed by atoms with van der Waals surface area (Å²) in [4.78, 5) is 12.5. The zero-order chi connectivity index (χ0) is 23.2. The van der Waals surface area contributed by atoms with Gasteiger partial charge in [-0.1, -0.05) is 35.5 Å². The van der Waals surface area contributed by atoms with Gasteiger partial charge in [0.25, 0.3) is 0 Å². The van der Waals surface area contributed by atoms with Crippen LogP contribution in [0, 0.1) is 5.82 Å². The van der Waals surface area contributed by atoms with Gasteiger partial charge < -0.3 is 15.8 Å². The largest absolute Gasteiger partial charge is 0.497 e. The van der Waals surface area contributed by atoms with Crippen molar-refractivity contribution in [2.24, 2.45) is 0 Å². The van der Waals surface area contributed by atoms with Gasteiger partial charge in [0, 0.05) is 19.0 Å². The molecule has 0 atom stereocenters. The van der Waals surface area contributed by atoms with Crippen LogP contribution in [0.5, 0.6) is 5.75 Å². The van der Waals surface area contributed by atoms with E-state index in [1.165, 1.54) is 12.1 Å². The van der Waals surface area contributed by atoms with E-state index in [1.54, 1.807) is 36.1 Å². The molecule has 1 heterocycles. The highest BCUT2D eigenvalue weighted by molar-refractivity contribution is 5.95. The van der Waals surface area contributed by atoms with E-state index in [-0.39, 0.29) is 18.1 Å². The third-order valence-corrected chi connectivity index (χ3v) is 5.20. The quantitative estimate of drug-likeness (QED) is 0.395. The van der Waals surface area contributed by atoms with Crippen LogP contribution in [0.25, 0.3) is 11.1 Å². The third-order valence-electron chi connectivity index (χ3n) is 5.20. The second-order valence-corrected chi connectivity index (χ2v) is 7.61. The molecule has 0 fully saturated rings. The van der Waals surface area contributed by atoms with Gasteiger partial charge in [0.2, 0.25) is 5.91 Å². The molecule has 0 radical (unpaired) electrons. The van der Waals surface area contributed by atoms with Crippen LogP contribution in [0.1, 0.15) is 17.7 Å². The minimum atomic E-state index is -0.302. The lowest BCUT2D eigenvalue weighted by Crippen LogP contribution is -2.13. The van der Waals surface area contributed by atoms with E-state index < -0.39 is 0 Å². The maximum absolute atomic E-state index is 13.2. The normalized spacial score (nSPS) is 10.7. The first-order valence-electron chi connectivity index (χ1n) is 10.5. The smallest absolute Gasteiger partial charge is 0.224 e. The zero-order valence-electron chi connectivity index (χ0n) is 18.2. The number of halogens is 1. The Hall–Kier alpha value is -4.20. The number of hydrogen-bond donors (Lipinski definition) is 2. The third kappa shape index (κ3) is 5.74. The van der Waals surface area contributed by atoms with Crippen molar-refractivity contribution >= 4 is 17.3 Å². The number of nitrogens with two attached hydrogens (primary N) is 1. The molecule has 7 nitrogen and oxygen atoms in total. The van der Waals surface area contributed by atoms with Crippen LogP contribution in [0.3, 0.4) is 0 Å². The monoisotopic (exact) mass is 445 g/mol. The van der Waals surface area contributed by atoms with E-state index in [1.807, 2.05) is 36.5 Å². The number of aryl methyl sites for hydroxylation is 1. The van der Waals surface area contributed by atoms with Crippen molar-refractivity contribution in [3.8, 4) is 16.9 Å². The maximum Gasteiger partial charge on any atom is 0.224 e. The SMILES string of the molecule is COc1ccc(Cn2cc(CCC(=O)Nc3cc(-c4ccc(F)cc4)ccc3N)nn2)cc1. The van der Waals surface area contributed by atoms with Crippen LogP contribution in [0.15, 0.2) is 72.9 Å². The molecule has 33 heavy (non-hydrogen) atoms. The lowest BCUT2D eigenvalue weighted by Gasteiger charge is -2.10. The number of nitrogens with zero attached hydrogens (tertiary/aromatic N) is 3. The molecule has 3 N–H and O–H groups in total. The summed E-state index contributed by atoms with van der Waals surface area (Å²) in [6.45, 7) is 0.579. The Kier molecular flexibility index (Phi) is 6.64. The molecule has 168 valence electrons. The first-order chi connectivity index (χ1) is 16.0. The number of hydrogen-bond acceptors (Lipinski definition) is 5. The van der Waals surface area contributed by atoms with Crippen molar-refractivity contribution in [3.63, 3.8) is 0 Å². The number of ether oxygens (including phenoxy) is 1. The Morgan fingerprint density at radius 2 is 1.79 bits per heavy atom. The van der Waals surface area contributed by atoms with Crippen LogP contribution in [-0.4, -0.2) is 28.0 Å². The van der Waals surface area contributed by atoms with Gasteiger partial charge in [0.1, 0.15) is 11.6 Å². The number of nitrogens with one attached hydrogen (secondary N) is 1. The van der Waals surface area contributed by atoms with Crippen molar-refractivity contribution in [1.29, 1.82) is 0 Å². The summed E-state index contributed by atoms with van der Waals surface area (Å²) in [5.41, 5.74) is 10.5. The molecule has 1 aromatic heterocycles. The van der Waals surface area contributed by atoms with Crippen LogP contribution in [0.4, 0.5) is 15.8 Å². The number of aromatic nitrogens is 3. The molecule has 0 saturated carbocycles. The highest BCUT2D eigenvalue weighted by Gasteiger charge is 2.10. The van der Waals surface area contributed by atoms with Gasteiger partial charge in [-0.25, -0.2) is 9.07 Å². The molecule has 4 aromatic rings. The summed E-state index contributed by atoms with van der Waals surface area (Å²) in [5, 5.41) is 11.1. The van der Waals surface area contributed by atoms with Crippen molar-refractivity contribution in [2.75, 3.05) is 18.2 Å². The molecule has 0 aliphatic heterocycles. The molecule has 1 amide bonds. The summed E-state index contributed by atoms with van der Waals surface area (Å²) in [6, 6.07) is 19.2. The molecular formula is C25H24FN5O2. The van der Waals surface area contributed by atoms with Gasteiger partial charge in [-0.2, -0.15) is 0 Å². The molecular weight excluding hydrogens is 421 g/mol. The number of amides is 1. The van der Waals surface area contributed by atoms with Crippen LogP contribution in [-0.2, 0) is 17.8 Å². The van der Waals surface area contributed by atoms with E-state index in [2.05, 4.69) is 15.6 Å². The maximum atomic E-state index is 13.2. The molecule has 0 unspecified atom stereocenters. The summed E-state index contributed by atoms with van der Waals surface area (Å²) in [5.74, 6) is 0.319. The highest BCUT2D eigenvalue weighted by Crippen LogP contribution is 2.27. The fourth-order valence-corrected chi connectivity index (χ4v) is 3.39. The Balaban J connectivity index is 1.34. The number of methoxy groups -OCH3 is 1. The van der Waals surface area contributed by atoms with Crippen molar-refractivity contribution in [1.82, 2.24) is 15.0 Å². The number of anilines is 2. The van der Waals surface area contributed by atoms with E-state index >= 15 is 0 Å². The van der Waals surface area contributed by atoms with E-state index in [9.17, 15) is 9.18 Å². The van der Waals surface area contributed by atoms with E-state index in [4.69, 9.17) is 10.5 Å². The average Bonchev–Trinajstić information content (AvgIpc) is 3.27. The lowest BCUT2D eigenvalue weighted by atomic mass is 10.0.